The van der Waals surface area contributed by atoms with Gasteiger partial charge in [-0.25, -0.2) is 29.8 Å². The van der Waals surface area contributed by atoms with Crippen LogP contribution in [0.5, 0.6) is 0 Å². The number of hydrazine groups is 1. The quantitative estimate of drug-likeness (QED) is 0.150. The maximum Gasteiger partial charge on any atom is 0.426 e. The highest BCUT2D eigenvalue weighted by Crippen LogP contribution is 2.36. The van der Waals surface area contributed by atoms with E-state index in [1.807, 2.05) is 39.0 Å². The number of carbonyl (C=O) groups is 3. The zero-order chi connectivity index (χ0) is 38.3. The minimum Gasteiger partial charge on any atom is -0.452 e. The largest absolute Gasteiger partial charge is 0.452 e. The molecule has 2 atom stereocenters. The molecule has 4 heterocycles. The first-order valence-corrected chi connectivity index (χ1v) is 18.6. The molecule has 282 valence electrons. The molecule has 3 N–H and O–H groups in total. The van der Waals surface area contributed by atoms with Gasteiger partial charge in [0.15, 0.2) is 0 Å². The smallest absolute Gasteiger partial charge is 0.426 e. The highest BCUT2D eigenvalue weighted by Gasteiger charge is 2.37. The number of imidazole rings is 2. The number of H-pyrrole nitrogens is 2. The van der Waals surface area contributed by atoms with E-state index in [9.17, 15) is 14.4 Å². The number of aromatic nitrogens is 4. The number of amides is 4. The predicted molar refractivity (Wildman–Crippen MR) is 210 cm³/mol. The van der Waals surface area contributed by atoms with Gasteiger partial charge in [0.1, 0.15) is 17.2 Å². The average Bonchev–Trinajstić information content (AvgIpc) is 4.01. The Kier molecular flexibility index (Phi) is 9.37. The van der Waals surface area contributed by atoms with E-state index in [1.165, 1.54) is 12.1 Å². The number of carbonyl (C=O) groups excluding carboxylic acids is 3. The lowest BCUT2D eigenvalue weighted by molar-refractivity contribution is 0.0219. The van der Waals surface area contributed by atoms with Crippen molar-refractivity contribution in [3.8, 4) is 22.3 Å². The Balaban J connectivity index is 0.989. The number of benzene rings is 4. The van der Waals surface area contributed by atoms with Crippen molar-refractivity contribution in [3.05, 3.63) is 103 Å². The number of likely N-dealkylation sites (tertiary alicyclic amines) is 2. The number of methoxy groups -OCH3 is 1. The van der Waals surface area contributed by atoms with E-state index < -0.39 is 11.7 Å². The van der Waals surface area contributed by atoms with Crippen LogP contribution in [0.15, 0.2) is 91.0 Å². The molecule has 13 heteroatoms. The molecule has 0 aliphatic carbocycles. The fourth-order valence-corrected chi connectivity index (χ4v) is 7.52. The van der Waals surface area contributed by atoms with Crippen LogP contribution in [0.1, 0.15) is 70.2 Å². The lowest BCUT2D eigenvalue weighted by Crippen LogP contribution is -2.52. The number of para-hydroxylation sites is 1. The highest BCUT2D eigenvalue weighted by molar-refractivity contribution is 5.94. The van der Waals surface area contributed by atoms with E-state index in [4.69, 9.17) is 19.4 Å². The minimum absolute atomic E-state index is 0.145. The van der Waals surface area contributed by atoms with Gasteiger partial charge < -0.3 is 24.3 Å². The van der Waals surface area contributed by atoms with Crippen molar-refractivity contribution in [2.24, 2.45) is 0 Å². The molecule has 4 aromatic carbocycles. The Morgan fingerprint density at radius 1 is 0.727 bits per heavy atom. The molecule has 0 saturated carbocycles. The van der Waals surface area contributed by atoms with E-state index in [1.54, 1.807) is 34.1 Å². The first-order valence-electron chi connectivity index (χ1n) is 18.6. The Hall–Kier alpha value is -6.37. The van der Waals surface area contributed by atoms with Gasteiger partial charge in [0.25, 0.3) is 0 Å². The Bertz CT molecular complexity index is 2360. The van der Waals surface area contributed by atoms with Crippen molar-refractivity contribution in [2.45, 2.75) is 64.1 Å². The summed E-state index contributed by atoms with van der Waals surface area (Å²) in [4.78, 5) is 59.2. The first-order chi connectivity index (χ1) is 26.5. The molecule has 2 aromatic heterocycles. The van der Waals surface area contributed by atoms with Crippen LogP contribution < -0.4 is 10.4 Å². The SMILES string of the molecule is COC(=O)NN(C(=O)N1CCC[C@H]1c1nc2ccc(-c3ccc(-c4ccc5nc([C@@H]6CCCN6C(=O)OC(C)(C)C)[nH]c5c4)cc3)cc2[nH]1)c1ccccc1. The normalized spacial score (nSPS) is 17.2. The third-order valence-electron chi connectivity index (χ3n) is 10.2. The molecule has 2 fully saturated rings. The summed E-state index contributed by atoms with van der Waals surface area (Å²) in [6, 6.07) is 28.9. The summed E-state index contributed by atoms with van der Waals surface area (Å²) < 4.78 is 10.5. The highest BCUT2D eigenvalue weighted by atomic mass is 16.6. The molecule has 0 radical (unpaired) electrons. The van der Waals surface area contributed by atoms with Crippen molar-refractivity contribution < 1.29 is 23.9 Å². The van der Waals surface area contributed by atoms with Crippen LogP contribution in [0.25, 0.3) is 44.3 Å². The third-order valence-corrected chi connectivity index (χ3v) is 10.2. The number of hydrogen-bond donors (Lipinski definition) is 3. The van der Waals surface area contributed by atoms with Crippen LogP contribution in [-0.4, -0.2) is 73.8 Å². The maximum absolute atomic E-state index is 13.9. The fraction of sp³-hybridized carbons (Fsp3) is 0.310. The number of nitrogens with zero attached hydrogens (tertiary/aromatic N) is 5. The maximum atomic E-state index is 13.9. The molecule has 0 bridgehead atoms. The van der Waals surface area contributed by atoms with E-state index >= 15 is 0 Å². The second-order valence-corrected chi connectivity index (χ2v) is 15.0. The summed E-state index contributed by atoms with van der Waals surface area (Å²) in [5.74, 6) is 1.47. The van der Waals surface area contributed by atoms with Crippen LogP contribution in [0.2, 0.25) is 0 Å². The summed E-state index contributed by atoms with van der Waals surface area (Å²) in [6.07, 6.45) is 2.22. The van der Waals surface area contributed by atoms with Gasteiger partial charge in [-0.2, -0.15) is 5.01 Å². The van der Waals surface area contributed by atoms with Crippen molar-refractivity contribution in [3.63, 3.8) is 0 Å². The van der Waals surface area contributed by atoms with Crippen LogP contribution in [0.3, 0.4) is 0 Å². The number of rotatable bonds is 5. The van der Waals surface area contributed by atoms with E-state index in [0.29, 0.717) is 24.6 Å². The molecule has 8 rings (SSSR count). The molecular formula is C42H44N8O5. The number of urea groups is 1. The Morgan fingerprint density at radius 2 is 1.24 bits per heavy atom. The van der Waals surface area contributed by atoms with Crippen LogP contribution >= 0.6 is 0 Å². The molecule has 0 unspecified atom stereocenters. The van der Waals surface area contributed by atoms with Gasteiger partial charge in [0.05, 0.1) is 46.9 Å². The van der Waals surface area contributed by atoms with Crippen molar-refractivity contribution in [2.75, 3.05) is 25.2 Å². The molecule has 4 amide bonds. The van der Waals surface area contributed by atoms with Crippen LogP contribution in [0, 0.1) is 0 Å². The summed E-state index contributed by atoms with van der Waals surface area (Å²) >= 11 is 0. The van der Waals surface area contributed by atoms with E-state index in [0.717, 1.165) is 75.8 Å². The lowest BCUT2D eigenvalue weighted by Gasteiger charge is -2.30. The lowest BCUT2D eigenvalue weighted by atomic mass is 10.00. The number of aromatic amines is 2. The zero-order valence-corrected chi connectivity index (χ0v) is 31.3. The number of hydrogen-bond acceptors (Lipinski definition) is 7. The van der Waals surface area contributed by atoms with Crippen molar-refractivity contribution >= 4 is 46.0 Å². The van der Waals surface area contributed by atoms with Crippen LogP contribution in [-0.2, 0) is 9.47 Å². The molecule has 13 nitrogen and oxygen atoms in total. The van der Waals surface area contributed by atoms with Gasteiger partial charge in [-0.1, -0.05) is 54.6 Å². The molecule has 2 saturated heterocycles. The number of nitrogens with one attached hydrogen (secondary N) is 3. The zero-order valence-electron chi connectivity index (χ0n) is 31.3. The van der Waals surface area contributed by atoms with Gasteiger partial charge >= 0.3 is 18.2 Å². The van der Waals surface area contributed by atoms with E-state index in [-0.39, 0.29) is 24.2 Å². The second-order valence-electron chi connectivity index (χ2n) is 15.0. The number of anilines is 1. The molecular weight excluding hydrogens is 697 g/mol. The number of ether oxygens (including phenoxy) is 2. The van der Waals surface area contributed by atoms with Crippen molar-refractivity contribution in [1.82, 2.24) is 35.2 Å². The molecule has 6 aromatic rings. The summed E-state index contributed by atoms with van der Waals surface area (Å²) in [5, 5.41) is 1.22. The Morgan fingerprint density at radius 3 is 1.76 bits per heavy atom. The molecule has 2 aliphatic rings. The van der Waals surface area contributed by atoms with Gasteiger partial charge in [-0.05, 0) is 105 Å². The third kappa shape index (κ3) is 7.29. The molecule has 0 spiro atoms. The van der Waals surface area contributed by atoms with Crippen LogP contribution in [0.4, 0.5) is 20.1 Å². The predicted octanol–water partition coefficient (Wildman–Crippen LogP) is 8.88. The minimum atomic E-state index is -0.737. The monoisotopic (exact) mass is 740 g/mol. The first kappa shape index (κ1) is 35.6. The fourth-order valence-electron chi connectivity index (χ4n) is 7.52. The summed E-state index contributed by atoms with van der Waals surface area (Å²) in [7, 11) is 1.26. The van der Waals surface area contributed by atoms with E-state index in [2.05, 4.69) is 63.9 Å². The van der Waals surface area contributed by atoms with Gasteiger partial charge in [0.2, 0.25) is 0 Å². The summed E-state index contributed by atoms with van der Waals surface area (Å²) in [6.45, 7) is 6.81. The molecule has 55 heavy (non-hydrogen) atoms. The average molecular weight is 741 g/mol. The molecule has 2 aliphatic heterocycles. The standard InChI is InChI=1S/C42H44N8O5/c1-42(2,3)55-41(53)49-23-9-13-36(49)38-44-32-21-19-29(25-34(32)46-38)27-16-14-26(15-17-27)28-18-20-31-33(24-28)45-37(43-31)35-12-8-22-48(35)40(52)50(47-39(51)54-4)30-10-6-5-7-11-30/h5-7,10-11,14-21,24-25,35-36H,8-9,12-13,22-23H2,1-4H3,(H,43,45)(H,44,46)(H,47,51)/t35-,36-/m0/s1. The Labute approximate surface area is 318 Å². The van der Waals surface area contributed by atoms with Gasteiger partial charge in [-0.3, -0.25) is 4.90 Å². The summed E-state index contributed by atoms with van der Waals surface area (Å²) in [5.41, 5.74) is 10.2. The van der Waals surface area contributed by atoms with Crippen molar-refractivity contribution in [1.29, 1.82) is 0 Å². The number of fused-ring (bicyclic) bond motifs is 2. The van der Waals surface area contributed by atoms with Gasteiger partial charge in [0, 0.05) is 13.1 Å². The van der Waals surface area contributed by atoms with Gasteiger partial charge in [-0.15, -0.1) is 0 Å². The topological polar surface area (TPSA) is 149 Å². The second kappa shape index (κ2) is 14.5.